The summed E-state index contributed by atoms with van der Waals surface area (Å²) in [6.45, 7) is 3.49. The molecule has 0 saturated carbocycles. The predicted octanol–water partition coefficient (Wildman–Crippen LogP) is 1.16. The summed E-state index contributed by atoms with van der Waals surface area (Å²) in [7, 11) is 1.74. The highest BCUT2D eigenvalue weighted by atomic mass is 79.9. The van der Waals surface area contributed by atoms with Gasteiger partial charge in [0.05, 0.1) is 10.4 Å². The SMILES string of the molecule is CCC(Br)C(=O)N(C)CC1(O)CCOCC1. The largest absolute Gasteiger partial charge is 0.388 e. The normalized spacial score (nSPS) is 21.5. The van der Waals surface area contributed by atoms with Crippen LogP contribution in [0.2, 0.25) is 0 Å². The molecule has 1 atom stereocenters. The number of hydrogen-bond donors (Lipinski definition) is 1. The average Bonchev–Trinajstić information content (AvgIpc) is 2.27. The van der Waals surface area contributed by atoms with Gasteiger partial charge < -0.3 is 14.7 Å². The van der Waals surface area contributed by atoms with Crippen LogP contribution in [0.5, 0.6) is 0 Å². The molecule has 0 spiro atoms. The summed E-state index contributed by atoms with van der Waals surface area (Å²) >= 11 is 3.33. The fraction of sp³-hybridized carbons (Fsp3) is 0.909. The van der Waals surface area contributed by atoms with Gasteiger partial charge in [-0.15, -0.1) is 0 Å². The van der Waals surface area contributed by atoms with Crippen molar-refractivity contribution in [3.05, 3.63) is 0 Å². The number of amides is 1. The van der Waals surface area contributed by atoms with Crippen molar-refractivity contribution in [2.24, 2.45) is 0 Å². The van der Waals surface area contributed by atoms with E-state index in [2.05, 4.69) is 15.9 Å². The molecule has 1 N–H and O–H groups in total. The van der Waals surface area contributed by atoms with Gasteiger partial charge in [-0.05, 0) is 6.42 Å². The Morgan fingerprint density at radius 1 is 1.56 bits per heavy atom. The Morgan fingerprint density at radius 3 is 2.62 bits per heavy atom. The van der Waals surface area contributed by atoms with Crippen LogP contribution in [0.25, 0.3) is 0 Å². The Balaban J connectivity index is 2.49. The van der Waals surface area contributed by atoms with E-state index in [-0.39, 0.29) is 10.7 Å². The van der Waals surface area contributed by atoms with Gasteiger partial charge in [0, 0.05) is 39.6 Å². The van der Waals surface area contributed by atoms with Gasteiger partial charge in [0.2, 0.25) is 5.91 Å². The van der Waals surface area contributed by atoms with Gasteiger partial charge in [-0.1, -0.05) is 22.9 Å². The van der Waals surface area contributed by atoms with Gasteiger partial charge in [0.25, 0.3) is 0 Å². The number of hydrogen-bond acceptors (Lipinski definition) is 3. The first-order chi connectivity index (χ1) is 7.48. The summed E-state index contributed by atoms with van der Waals surface area (Å²) in [5, 5.41) is 10.3. The van der Waals surface area contributed by atoms with Crippen LogP contribution >= 0.6 is 15.9 Å². The van der Waals surface area contributed by atoms with E-state index in [0.29, 0.717) is 32.6 Å². The zero-order chi connectivity index (χ0) is 12.2. The molecule has 1 fully saturated rings. The lowest BCUT2D eigenvalue weighted by molar-refractivity contribution is -0.136. The lowest BCUT2D eigenvalue weighted by Crippen LogP contribution is -2.48. The van der Waals surface area contributed by atoms with Crippen LogP contribution in [0.3, 0.4) is 0 Å². The van der Waals surface area contributed by atoms with Crippen molar-refractivity contribution in [1.29, 1.82) is 0 Å². The molecular formula is C11H20BrNO3. The third kappa shape index (κ3) is 3.71. The number of alkyl halides is 1. The highest BCUT2D eigenvalue weighted by Gasteiger charge is 2.33. The van der Waals surface area contributed by atoms with Gasteiger partial charge in [0.1, 0.15) is 0 Å². The third-order valence-corrected chi connectivity index (χ3v) is 4.00. The molecule has 1 rings (SSSR count). The number of carbonyl (C=O) groups is 1. The van der Waals surface area contributed by atoms with Gasteiger partial charge >= 0.3 is 0 Å². The smallest absolute Gasteiger partial charge is 0.236 e. The van der Waals surface area contributed by atoms with Crippen LogP contribution in [-0.2, 0) is 9.53 Å². The van der Waals surface area contributed by atoms with Crippen LogP contribution < -0.4 is 0 Å². The molecule has 0 radical (unpaired) electrons. The molecule has 1 saturated heterocycles. The number of rotatable bonds is 4. The number of aliphatic hydroxyl groups is 1. The van der Waals surface area contributed by atoms with Gasteiger partial charge in [0.15, 0.2) is 0 Å². The number of nitrogens with zero attached hydrogens (tertiary/aromatic N) is 1. The van der Waals surface area contributed by atoms with Gasteiger partial charge in [-0.3, -0.25) is 4.79 Å². The van der Waals surface area contributed by atoms with Crippen LogP contribution in [-0.4, -0.2) is 53.1 Å². The van der Waals surface area contributed by atoms with E-state index in [1.165, 1.54) is 0 Å². The van der Waals surface area contributed by atoms with E-state index in [0.717, 1.165) is 6.42 Å². The van der Waals surface area contributed by atoms with Crippen LogP contribution in [0.1, 0.15) is 26.2 Å². The fourth-order valence-corrected chi connectivity index (χ4v) is 2.19. The second kappa shape index (κ2) is 5.98. The first-order valence-corrected chi connectivity index (χ1v) is 6.59. The summed E-state index contributed by atoms with van der Waals surface area (Å²) in [5.41, 5.74) is -0.775. The maximum absolute atomic E-state index is 11.8. The lowest BCUT2D eigenvalue weighted by atomic mass is 9.94. The zero-order valence-electron chi connectivity index (χ0n) is 9.91. The summed E-state index contributed by atoms with van der Waals surface area (Å²) in [5.74, 6) is 0.0300. The molecule has 0 aromatic heterocycles. The molecule has 0 aromatic rings. The number of halogens is 1. The monoisotopic (exact) mass is 293 g/mol. The molecule has 5 heteroatoms. The van der Waals surface area contributed by atoms with Crippen LogP contribution in [0, 0.1) is 0 Å². The second-order valence-electron chi connectivity index (χ2n) is 4.41. The number of carbonyl (C=O) groups excluding carboxylic acids is 1. The maximum Gasteiger partial charge on any atom is 0.236 e. The highest BCUT2D eigenvalue weighted by molar-refractivity contribution is 9.10. The molecule has 94 valence electrons. The van der Waals surface area contributed by atoms with E-state index in [1.807, 2.05) is 6.92 Å². The first-order valence-electron chi connectivity index (χ1n) is 5.68. The van der Waals surface area contributed by atoms with E-state index in [1.54, 1.807) is 11.9 Å². The molecular weight excluding hydrogens is 274 g/mol. The van der Waals surface area contributed by atoms with E-state index < -0.39 is 5.60 Å². The van der Waals surface area contributed by atoms with Crippen molar-refractivity contribution < 1.29 is 14.6 Å². The van der Waals surface area contributed by atoms with Crippen LogP contribution in [0.4, 0.5) is 0 Å². The Morgan fingerprint density at radius 2 is 2.12 bits per heavy atom. The topological polar surface area (TPSA) is 49.8 Å². The van der Waals surface area contributed by atoms with Crippen molar-refractivity contribution in [3.8, 4) is 0 Å². The van der Waals surface area contributed by atoms with Crippen LogP contribution in [0.15, 0.2) is 0 Å². The molecule has 0 aliphatic carbocycles. The molecule has 4 nitrogen and oxygen atoms in total. The molecule has 1 aliphatic rings. The molecule has 1 amide bonds. The van der Waals surface area contributed by atoms with Crippen molar-refractivity contribution in [1.82, 2.24) is 4.90 Å². The Hall–Kier alpha value is -0.130. The molecule has 1 heterocycles. The first kappa shape index (κ1) is 13.9. The highest BCUT2D eigenvalue weighted by Crippen LogP contribution is 2.22. The fourth-order valence-electron chi connectivity index (χ4n) is 1.84. The summed E-state index contributed by atoms with van der Waals surface area (Å²) in [6, 6.07) is 0. The quantitative estimate of drug-likeness (QED) is 0.792. The Bertz CT molecular complexity index is 241. The summed E-state index contributed by atoms with van der Waals surface area (Å²) < 4.78 is 5.20. The number of ether oxygens (including phenoxy) is 1. The summed E-state index contributed by atoms with van der Waals surface area (Å²) in [6.07, 6.45) is 1.96. The molecule has 16 heavy (non-hydrogen) atoms. The Labute approximate surface area is 105 Å². The molecule has 0 bridgehead atoms. The minimum Gasteiger partial charge on any atom is -0.388 e. The standard InChI is InChI=1S/C11H20BrNO3/c1-3-9(12)10(14)13(2)8-11(15)4-6-16-7-5-11/h9,15H,3-8H2,1-2H3. The van der Waals surface area contributed by atoms with Crippen molar-refractivity contribution >= 4 is 21.8 Å². The number of likely N-dealkylation sites (N-methyl/N-ethyl adjacent to an activating group) is 1. The lowest BCUT2D eigenvalue weighted by Gasteiger charge is -2.35. The zero-order valence-corrected chi connectivity index (χ0v) is 11.5. The van der Waals surface area contributed by atoms with Gasteiger partial charge in [-0.25, -0.2) is 0 Å². The van der Waals surface area contributed by atoms with Crippen molar-refractivity contribution in [2.45, 2.75) is 36.6 Å². The Kier molecular flexibility index (Phi) is 5.21. The second-order valence-corrected chi connectivity index (χ2v) is 5.51. The molecule has 1 unspecified atom stereocenters. The van der Waals surface area contributed by atoms with E-state index in [4.69, 9.17) is 4.74 Å². The third-order valence-electron chi connectivity index (χ3n) is 2.96. The van der Waals surface area contributed by atoms with E-state index >= 15 is 0 Å². The minimum absolute atomic E-state index is 0.0300. The van der Waals surface area contributed by atoms with Crippen molar-refractivity contribution in [3.63, 3.8) is 0 Å². The van der Waals surface area contributed by atoms with E-state index in [9.17, 15) is 9.90 Å². The molecule has 1 aliphatic heterocycles. The van der Waals surface area contributed by atoms with Crippen molar-refractivity contribution in [2.75, 3.05) is 26.8 Å². The van der Waals surface area contributed by atoms with Gasteiger partial charge in [-0.2, -0.15) is 0 Å². The predicted molar refractivity (Wildman–Crippen MR) is 65.6 cm³/mol. The summed E-state index contributed by atoms with van der Waals surface area (Å²) in [4.78, 5) is 13.3. The maximum atomic E-state index is 11.8. The average molecular weight is 294 g/mol. The minimum atomic E-state index is -0.775. The molecule has 0 aromatic carbocycles.